The van der Waals surface area contributed by atoms with Crippen molar-refractivity contribution in [2.45, 2.75) is 6.92 Å². The van der Waals surface area contributed by atoms with E-state index >= 15 is 0 Å². The summed E-state index contributed by atoms with van der Waals surface area (Å²) >= 11 is 0. The van der Waals surface area contributed by atoms with Crippen molar-refractivity contribution in [3.8, 4) is 0 Å². The van der Waals surface area contributed by atoms with Crippen molar-refractivity contribution in [1.29, 1.82) is 0 Å². The number of Topliss-reactive ketones (excluding diaryl/α,β-unsaturated/α-hetero) is 1. The van der Waals surface area contributed by atoms with Gasteiger partial charge in [0.2, 0.25) is 0 Å². The van der Waals surface area contributed by atoms with Crippen molar-refractivity contribution in [3.05, 3.63) is 82.6 Å². The summed E-state index contributed by atoms with van der Waals surface area (Å²) in [5, 5.41) is 3.16. The number of carbonyl (C=O) groups is 2. The standard InChI is InChI=1S/C19H15NO2/c1-13-6-2-4-8-15(13)19(22)16(12-21)18-11-10-14-7-3-5-9-17(14)20-18/h2-12,20H,1H3/b18-16-. The Kier molecular flexibility index (Phi) is 3.71. The zero-order valence-corrected chi connectivity index (χ0v) is 12.2. The van der Waals surface area contributed by atoms with E-state index in [9.17, 15) is 9.59 Å². The van der Waals surface area contributed by atoms with Crippen molar-refractivity contribution >= 4 is 23.8 Å². The first-order chi connectivity index (χ1) is 10.7. The van der Waals surface area contributed by atoms with Crippen LogP contribution >= 0.6 is 0 Å². The molecular formula is C19H15NO2. The third-order valence-corrected chi connectivity index (χ3v) is 3.70. The number of allylic oxidation sites excluding steroid dienone is 2. The minimum Gasteiger partial charge on any atom is -0.354 e. The molecule has 1 heterocycles. The van der Waals surface area contributed by atoms with Crippen LogP contribution in [0.4, 0.5) is 5.69 Å². The van der Waals surface area contributed by atoms with Crippen molar-refractivity contribution in [3.63, 3.8) is 0 Å². The molecule has 108 valence electrons. The Bertz CT molecular complexity index is 816. The summed E-state index contributed by atoms with van der Waals surface area (Å²) in [6, 6.07) is 15.0. The van der Waals surface area contributed by atoms with Crippen LogP contribution in [-0.4, -0.2) is 12.1 Å². The van der Waals surface area contributed by atoms with Gasteiger partial charge in [-0.2, -0.15) is 0 Å². The highest BCUT2D eigenvalue weighted by molar-refractivity contribution is 6.22. The zero-order valence-electron chi connectivity index (χ0n) is 12.2. The first kappa shape index (κ1) is 14.0. The fraction of sp³-hybridized carbons (Fsp3) is 0.0526. The molecule has 2 aromatic rings. The molecule has 1 N–H and O–H groups in total. The first-order valence-corrected chi connectivity index (χ1v) is 7.04. The van der Waals surface area contributed by atoms with Gasteiger partial charge in [0.05, 0.1) is 11.3 Å². The molecule has 1 aliphatic rings. The van der Waals surface area contributed by atoms with Crippen LogP contribution in [0, 0.1) is 6.92 Å². The maximum atomic E-state index is 12.6. The number of ketones is 1. The number of hydrogen-bond donors (Lipinski definition) is 1. The number of hydrogen-bond acceptors (Lipinski definition) is 3. The van der Waals surface area contributed by atoms with Crippen molar-refractivity contribution in [2.75, 3.05) is 5.32 Å². The summed E-state index contributed by atoms with van der Waals surface area (Å²) < 4.78 is 0. The predicted molar refractivity (Wildman–Crippen MR) is 87.7 cm³/mol. The van der Waals surface area contributed by atoms with Gasteiger partial charge in [-0.3, -0.25) is 9.59 Å². The predicted octanol–water partition coefficient (Wildman–Crippen LogP) is 3.77. The number of aryl methyl sites for hydroxylation is 1. The van der Waals surface area contributed by atoms with Gasteiger partial charge < -0.3 is 5.32 Å². The summed E-state index contributed by atoms with van der Waals surface area (Å²) in [6.45, 7) is 1.86. The fourth-order valence-corrected chi connectivity index (χ4v) is 2.49. The van der Waals surface area contributed by atoms with Crippen LogP contribution in [0.5, 0.6) is 0 Å². The van der Waals surface area contributed by atoms with E-state index in [1.807, 2.05) is 49.4 Å². The van der Waals surface area contributed by atoms with E-state index in [4.69, 9.17) is 0 Å². The molecule has 0 unspecified atom stereocenters. The Hall–Kier alpha value is -2.94. The summed E-state index contributed by atoms with van der Waals surface area (Å²) in [7, 11) is 0. The monoisotopic (exact) mass is 289 g/mol. The van der Waals surface area contributed by atoms with Gasteiger partial charge in [0.15, 0.2) is 12.1 Å². The third kappa shape index (κ3) is 2.49. The number of carbonyl (C=O) groups excluding carboxylic acids is 2. The number of anilines is 1. The number of rotatable bonds is 3. The smallest absolute Gasteiger partial charge is 0.198 e. The van der Waals surface area contributed by atoms with E-state index in [-0.39, 0.29) is 11.4 Å². The van der Waals surface area contributed by atoms with Gasteiger partial charge in [0, 0.05) is 11.3 Å². The van der Waals surface area contributed by atoms with Crippen molar-refractivity contribution in [1.82, 2.24) is 0 Å². The number of nitrogens with one attached hydrogen (secondary N) is 1. The average molecular weight is 289 g/mol. The molecule has 3 nitrogen and oxygen atoms in total. The molecule has 0 aliphatic carbocycles. The van der Waals surface area contributed by atoms with Gasteiger partial charge >= 0.3 is 0 Å². The summed E-state index contributed by atoms with van der Waals surface area (Å²) in [4.78, 5) is 24.1. The average Bonchev–Trinajstić information content (AvgIpc) is 2.55. The minimum absolute atomic E-state index is 0.139. The SMILES string of the molecule is Cc1ccccc1C(=O)/C(C=O)=C1/C=Cc2ccccc2N1. The maximum Gasteiger partial charge on any atom is 0.198 e. The van der Waals surface area contributed by atoms with Gasteiger partial charge in [-0.05, 0) is 30.2 Å². The van der Waals surface area contributed by atoms with E-state index in [0.29, 0.717) is 17.5 Å². The molecule has 0 amide bonds. The highest BCUT2D eigenvalue weighted by Gasteiger charge is 2.19. The summed E-state index contributed by atoms with van der Waals surface area (Å²) in [5.74, 6) is -0.264. The highest BCUT2D eigenvalue weighted by Crippen LogP contribution is 2.26. The van der Waals surface area contributed by atoms with Crippen LogP contribution in [0.2, 0.25) is 0 Å². The van der Waals surface area contributed by atoms with Gasteiger partial charge in [-0.25, -0.2) is 0 Å². The molecule has 0 radical (unpaired) electrons. The minimum atomic E-state index is -0.264. The molecule has 0 saturated heterocycles. The fourth-order valence-electron chi connectivity index (χ4n) is 2.49. The Morgan fingerprint density at radius 2 is 1.73 bits per heavy atom. The Labute approximate surface area is 129 Å². The molecule has 1 aliphatic heterocycles. The molecule has 0 spiro atoms. The molecule has 3 heteroatoms. The lowest BCUT2D eigenvalue weighted by molar-refractivity contribution is -0.104. The molecule has 0 aromatic heterocycles. The van der Waals surface area contributed by atoms with Crippen LogP contribution in [0.1, 0.15) is 21.5 Å². The number of para-hydroxylation sites is 1. The Morgan fingerprint density at radius 1 is 1.00 bits per heavy atom. The largest absolute Gasteiger partial charge is 0.354 e. The van der Waals surface area contributed by atoms with E-state index in [1.165, 1.54) is 0 Å². The van der Waals surface area contributed by atoms with Crippen molar-refractivity contribution in [2.24, 2.45) is 0 Å². The van der Waals surface area contributed by atoms with Crippen molar-refractivity contribution < 1.29 is 9.59 Å². The lowest BCUT2D eigenvalue weighted by Crippen LogP contribution is -2.14. The summed E-state index contributed by atoms with van der Waals surface area (Å²) in [5.41, 5.74) is 3.98. The van der Waals surface area contributed by atoms with E-state index in [0.717, 1.165) is 16.8 Å². The molecule has 0 saturated carbocycles. The van der Waals surface area contributed by atoms with Crippen LogP contribution in [0.3, 0.4) is 0 Å². The quantitative estimate of drug-likeness (QED) is 0.307. The van der Waals surface area contributed by atoms with E-state index in [1.54, 1.807) is 18.2 Å². The van der Waals surface area contributed by atoms with E-state index < -0.39 is 0 Å². The van der Waals surface area contributed by atoms with E-state index in [2.05, 4.69) is 5.32 Å². The Balaban J connectivity index is 2.04. The normalized spacial score (nSPS) is 14.8. The number of aldehydes is 1. The molecular weight excluding hydrogens is 274 g/mol. The van der Waals surface area contributed by atoms with Gasteiger partial charge in [-0.1, -0.05) is 48.5 Å². The summed E-state index contributed by atoms with van der Waals surface area (Å²) in [6.07, 6.45) is 4.29. The highest BCUT2D eigenvalue weighted by atomic mass is 16.1. The van der Waals surface area contributed by atoms with Gasteiger partial charge in [-0.15, -0.1) is 0 Å². The van der Waals surface area contributed by atoms with Crippen LogP contribution in [0.15, 0.2) is 65.9 Å². The lowest BCUT2D eigenvalue weighted by atomic mass is 9.97. The van der Waals surface area contributed by atoms with Crippen LogP contribution in [0.25, 0.3) is 6.08 Å². The second-order valence-corrected chi connectivity index (χ2v) is 5.13. The zero-order chi connectivity index (χ0) is 15.5. The Morgan fingerprint density at radius 3 is 2.50 bits per heavy atom. The maximum absolute atomic E-state index is 12.6. The molecule has 22 heavy (non-hydrogen) atoms. The number of benzene rings is 2. The molecule has 0 bridgehead atoms. The first-order valence-electron chi connectivity index (χ1n) is 7.04. The molecule has 2 aromatic carbocycles. The molecule has 0 fully saturated rings. The third-order valence-electron chi connectivity index (χ3n) is 3.70. The van der Waals surface area contributed by atoms with Crippen LogP contribution < -0.4 is 5.32 Å². The second kappa shape index (κ2) is 5.82. The van der Waals surface area contributed by atoms with Gasteiger partial charge in [0.25, 0.3) is 0 Å². The number of fused-ring (bicyclic) bond motifs is 1. The second-order valence-electron chi connectivity index (χ2n) is 5.13. The van der Waals surface area contributed by atoms with Crippen LogP contribution in [-0.2, 0) is 4.79 Å². The molecule has 0 atom stereocenters. The van der Waals surface area contributed by atoms with Gasteiger partial charge in [0.1, 0.15) is 0 Å². The topological polar surface area (TPSA) is 46.2 Å². The lowest BCUT2D eigenvalue weighted by Gasteiger charge is -2.17. The molecule has 3 rings (SSSR count).